The molecule has 2 fully saturated rings. The number of carbonyl (C=O) groups is 9. The predicted molar refractivity (Wildman–Crippen MR) is 192 cm³/mol. The van der Waals surface area contributed by atoms with Crippen molar-refractivity contribution in [3.05, 3.63) is 28.0 Å². The molecule has 2 heterocycles. The topological polar surface area (TPSA) is 316 Å². The first kappa shape index (κ1) is 47.3. The molecule has 3 aliphatic rings. The lowest BCUT2D eigenvalue weighted by Crippen LogP contribution is -2.63. The third kappa shape index (κ3) is 11.1. The van der Waals surface area contributed by atoms with Gasteiger partial charge in [-0.2, -0.15) is 0 Å². The van der Waals surface area contributed by atoms with Crippen molar-refractivity contribution in [2.45, 2.75) is 124 Å². The second kappa shape index (κ2) is 19.8. The molecule has 1 aromatic rings. The van der Waals surface area contributed by atoms with E-state index >= 15 is 0 Å². The average molecular weight is 869 g/mol. The summed E-state index contributed by atoms with van der Waals surface area (Å²) in [5.74, 6) is -12.4. The fourth-order valence-corrected chi connectivity index (χ4v) is 6.69. The maximum Gasteiger partial charge on any atom is 0.303 e. The van der Waals surface area contributed by atoms with Crippen LogP contribution in [0.1, 0.15) is 88.1 Å². The molecule has 0 saturated carbocycles. The first-order valence-corrected chi connectivity index (χ1v) is 18.3. The second-order valence-corrected chi connectivity index (χ2v) is 13.7. The third-order valence-electron chi connectivity index (χ3n) is 8.98. The highest BCUT2D eigenvalue weighted by molar-refractivity contribution is 6.28. The van der Waals surface area contributed by atoms with Gasteiger partial charge >= 0.3 is 41.8 Å². The van der Waals surface area contributed by atoms with Gasteiger partial charge in [-0.25, -0.2) is 0 Å². The van der Waals surface area contributed by atoms with Crippen molar-refractivity contribution in [2.75, 3.05) is 13.2 Å². The van der Waals surface area contributed by atoms with Crippen molar-refractivity contribution >= 4 is 53.4 Å². The zero-order valence-electron chi connectivity index (χ0n) is 34.0. The fourth-order valence-electron chi connectivity index (χ4n) is 6.69. The molecule has 3 N–H and O–H groups in total. The van der Waals surface area contributed by atoms with Crippen LogP contribution in [0.2, 0.25) is 0 Å². The Morgan fingerprint density at radius 1 is 0.590 bits per heavy atom. The molecule has 4 rings (SSSR count). The van der Waals surface area contributed by atoms with E-state index in [1.54, 1.807) is 0 Å². The van der Waals surface area contributed by atoms with Gasteiger partial charge in [0.25, 0.3) is 0 Å². The molecular formula is C38H44O23. The highest BCUT2D eigenvalue weighted by Crippen LogP contribution is 2.48. The van der Waals surface area contributed by atoms with Crippen molar-refractivity contribution in [3.63, 3.8) is 0 Å². The number of rotatable bonds is 14. The summed E-state index contributed by atoms with van der Waals surface area (Å²) >= 11 is 0. The minimum Gasteiger partial charge on any atom is -0.507 e. The largest absolute Gasteiger partial charge is 0.507 e. The number of fused-ring (bicyclic) bond motifs is 1. The molecule has 0 unspecified atom stereocenters. The van der Waals surface area contributed by atoms with Gasteiger partial charge in [0.1, 0.15) is 37.3 Å². The van der Waals surface area contributed by atoms with E-state index in [-0.39, 0.29) is 0 Å². The van der Waals surface area contributed by atoms with Crippen LogP contribution in [0.25, 0.3) is 0 Å². The van der Waals surface area contributed by atoms with Gasteiger partial charge in [0, 0.05) is 54.0 Å². The highest BCUT2D eigenvalue weighted by atomic mass is 16.7. The molecular weight excluding hydrogens is 824 g/mol. The molecule has 9 atom stereocenters. The van der Waals surface area contributed by atoms with E-state index in [9.17, 15) is 58.5 Å². The van der Waals surface area contributed by atoms with Crippen LogP contribution < -0.4 is 4.74 Å². The van der Waals surface area contributed by atoms with Gasteiger partial charge < -0.3 is 67.4 Å². The maximum atomic E-state index is 14.3. The van der Waals surface area contributed by atoms with Crippen molar-refractivity contribution in [1.29, 1.82) is 0 Å². The fraction of sp³-hybridized carbons (Fsp3) is 0.553. The van der Waals surface area contributed by atoms with Gasteiger partial charge in [-0.3, -0.25) is 43.2 Å². The van der Waals surface area contributed by atoms with E-state index in [1.807, 2.05) is 0 Å². The molecule has 0 spiro atoms. The molecule has 1 aliphatic carbocycles. The zero-order chi connectivity index (χ0) is 45.6. The minimum absolute atomic E-state index is 0.434. The van der Waals surface area contributed by atoms with Crippen molar-refractivity contribution in [3.8, 4) is 17.2 Å². The Kier molecular flexibility index (Phi) is 15.4. The lowest BCUT2D eigenvalue weighted by Gasteiger charge is -2.44. The lowest BCUT2D eigenvalue weighted by molar-refractivity contribution is -0.299. The average Bonchev–Trinajstić information content (AvgIpc) is 3.14. The van der Waals surface area contributed by atoms with E-state index in [2.05, 4.69) is 0 Å². The Bertz CT molecular complexity index is 2000. The van der Waals surface area contributed by atoms with Gasteiger partial charge in [-0.15, -0.1) is 0 Å². The van der Waals surface area contributed by atoms with E-state index < -0.39 is 180 Å². The Morgan fingerprint density at radius 2 is 1.07 bits per heavy atom. The normalized spacial score (nSPS) is 25.9. The quantitative estimate of drug-likeness (QED) is 0.128. The van der Waals surface area contributed by atoms with E-state index in [0.29, 0.717) is 0 Å². The predicted octanol–water partition coefficient (Wildman–Crippen LogP) is 0.263. The summed E-state index contributed by atoms with van der Waals surface area (Å²) in [5.41, 5.74) is -2.97. The van der Waals surface area contributed by atoms with Gasteiger partial charge in [-0.1, -0.05) is 0 Å². The Morgan fingerprint density at radius 3 is 1.57 bits per heavy atom. The number of ketones is 2. The standard InChI is InChI=1S/C38H44O23/c1-13-28(47)26-27(30(49)32(13)61-38-37(57-20(8)46)36(56-19(7)45)35(55-18(6)44)24(59-38)12-52-15(3)41)29(48)21(10-39)33(31(26)50)60-25-9-22(53-16(4)42)34(54-17(5)43)23(58-25)11-51-14(2)40/h22-25,34-39,48,50H,9-12H2,1-8H3/t22-,23-,24+,25+,34+,35+,36-,37+,38-/m0/s1. The SMILES string of the molecule is CC(=O)OC[C@@H]1O[C@H](Oc2c(O)c3c(c(O)c2CO)C(=O)C(O[C@@H]2O[C@H](COC(C)=O)[C@@H](OC(C)=O)[C@H](OC(C)=O)[C@H]2OC(C)=O)=C(C)C3=O)C[C@H](OC(C)=O)[C@H]1OC(C)=O. The van der Waals surface area contributed by atoms with Gasteiger partial charge in [0.05, 0.1) is 29.7 Å². The number of carbonyl (C=O) groups excluding carboxylic acids is 9. The monoisotopic (exact) mass is 868 g/mol. The molecule has 23 heteroatoms. The zero-order valence-corrected chi connectivity index (χ0v) is 34.0. The first-order valence-electron chi connectivity index (χ1n) is 18.3. The summed E-state index contributed by atoms with van der Waals surface area (Å²) in [6.07, 6.45) is -14.7. The molecule has 2 aliphatic heterocycles. The summed E-state index contributed by atoms with van der Waals surface area (Å²) in [6.45, 7) is 5.87. The number of phenolic OH excluding ortho intramolecular Hbond substituents is 1. The number of hydrogen-bond acceptors (Lipinski definition) is 23. The number of aliphatic hydroxyl groups is 1. The number of aliphatic hydroxyl groups excluding tert-OH is 1. The van der Waals surface area contributed by atoms with E-state index in [4.69, 9.17) is 52.1 Å². The Hall–Kier alpha value is -6.33. The highest BCUT2D eigenvalue weighted by Gasteiger charge is 2.55. The number of Topliss-reactive ketones (excluding diaryl/α,β-unsaturated/α-hetero) is 2. The summed E-state index contributed by atoms with van der Waals surface area (Å²) in [4.78, 5) is 112. The van der Waals surface area contributed by atoms with Crippen LogP contribution in [0.5, 0.6) is 17.2 Å². The number of hydrogen-bond donors (Lipinski definition) is 3. The van der Waals surface area contributed by atoms with Gasteiger partial charge in [-0.05, 0) is 6.92 Å². The summed E-state index contributed by atoms with van der Waals surface area (Å²) in [6, 6.07) is 0. The molecule has 334 valence electrons. The molecule has 61 heavy (non-hydrogen) atoms. The molecule has 2 saturated heterocycles. The van der Waals surface area contributed by atoms with Gasteiger partial charge in [0.15, 0.2) is 41.4 Å². The van der Waals surface area contributed by atoms with Gasteiger partial charge in [0.2, 0.25) is 24.5 Å². The second-order valence-electron chi connectivity index (χ2n) is 13.7. The summed E-state index contributed by atoms with van der Waals surface area (Å²) < 4.78 is 60.2. The first-order chi connectivity index (χ1) is 28.5. The maximum absolute atomic E-state index is 14.3. The number of ether oxygens (including phenoxy) is 11. The number of aromatic hydroxyl groups is 2. The van der Waals surface area contributed by atoms with Crippen LogP contribution in [-0.4, -0.2) is 137 Å². The van der Waals surface area contributed by atoms with Crippen LogP contribution in [-0.2, 0) is 87.5 Å². The number of phenols is 2. The van der Waals surface area contributed by atoms with Crippen LogP contribution in [0.3, 0.4) is 0 Å². The summed E-state index contributed by atoms with van der Waals surface area (Å²) in [7, 11) is 0. The third-order valence-corrected chi connectivity index (χ3v) is 8.98. The van der Waals surface area contributed by atoms with Crippen LogP contribution >= 0.6 is 0 Å². The molecule has 0 bridgehead atoms. The summed E-state index contributed by atoms with van der Waals surface area (Å²) in [5, 5.41) is 33.5. The number of allylic oxidation sites excluding steroid dienone is 2. The van der Waals surface area contributed by atoms with Crippen LogP contribution in [0, 0.1) is 0 Å². The Labute approximate surface area is 345 Å². The van der Waals surface area contributed by atoms with Crippen LogP contribution in [0.15, 0.2) is 11.3 Å². The van der Waals surface area contributed by atoms with E-state index in [1.165, 1.54) is 0 Å². The molecule has 0 aromatic heterocycles. The minimum atomic E-state index is -2.00. The lowest BCUT2D eigenvalue weighted by atomic mass is 9.85. The molecule has 0 amide bonds. The number of esters is 7. The number of benzene rings is 1. The smallest absolute Gasteiger partial charge is 0.303 e. The molecule has 23 nitrogen and oxygen atoms in total. The molecule has 0 radical (unpaired) electrons. The van der Waals surface area contributed by atoms with Crippen molar-refractivity contribution in [1.82, 2.24) is 0 Å². The van der Waals surface area contributed by atoms with Crippen molar-refractivity contribution in [2.24, 2.45) is 0 Å². The van der Waals surface area contributed by atoms with E-state index in [0.717, 1.165) is 55.4 Å². The van der Waals surface area contributed by atoms with Crippen molar-refractivity contribution < 1.29 is 111 Å². The Balaban J connectivity index is 1.78. The molecule has 1 aromatic carbocycles. The van der Waals surface area contributed by atoms with Crippen LogP contribution in [0.4, 0.5) is 0 Å².